The molecule has 2 fully saturated rings. The van der Waals surface area contributed by atoms with Crippen LogP contribution in [0.4, 0.5) is 0 Å². The molecule has 0 aromatic heterocycles. The molecule has 2 rings (SSSR count). The molecule has 108 valence electrons. The van der Waals surface area contributed by atoms with Gasteiger partial charge in [-0.25, -0.2) is 0 Å². The van der Waals surface area contributed by atoms with E-state index in [1.807, 2.05) is 11.8 Å². The lowest BCUT2D eigenvalue weighted by Crippen LogP contribution is -2.44. The Morgan fingerprint density at radius 1 is 1.11 bits per heavy atom. The van der Waals surface area contributed by atoms with Crippen LogP contribution in [0.3, 0.4) is 0 Å². The number of rotatable bonds is 4. The summed E-state index contributed by atoms with van der Waals surface area (Å²) in [6, 6.07) is 0. The summed E-state index contributed by atoms with van der Waals surface area (Å²) in [6.07, 6.45) is 8.22. The molecule has 2 amide bonds. The summed E-state index contributed by atoms with van der Waals surface area (Å²) < 4.78 is 0. The van der Waals surface area contributed by atoms with E-state index >= 15 is 0 Å². The van der Waals surface area contributed by atoms with Crippen LogP contribution in [0.25, 0.3) is 0 Å². The van der Waals surface area contributed by atoms with Crippen LogP contribution in [0.1, 0.15) is 51.9 Å². The minimum atomic E-state index is 0.0525. The number of piperidine rings is 1. The van der Waals surface area contributed by atoms with Crippen molar-refractivity contribution in [3.63, 3.8) is 0 Å². The highest BCUT2D eigenvalue weighted by atomic mass is 16.2. The van der Waals surface area contributed by atoms with E-state index in [1.165, 1.54) is 19.3 Å². The second-order valence-electron chi connectivity index (χ2n) is 5.99. The summed E-state index contributed by atoms with van der Waals surface area (Å²) in [7, 11) is 0. The fourth-order valence-electron chi connectivity index (χ4n) is 3.25. The zero-order valence-corrected chi connectivity index (χ0v) is 12.0. The smallest absolute Gasteiger partial charge is 0.241 e. The second-order valence-corrected chi connectivity index (χ2v) is 5.99. The number of carbonyl (C=O) groups is 2. The highest BCUT2D eigenvalue weighted by molar-refractivity contribution is 5.85. The van der Waals surface area contributed by atoms with Crippen molar-refractivity contribution in [2.75, 3.05) is 19.6 Å². The summed E-state index contributed by atoms with van der Waals surface area (Å²) in [5, 5.41) is 2.83. The van der Waals surface area contributed by atoms with Crippen LogP contribution in [0.2, 0.25) is 0 Å². The maximum Gasteiger partial charge on any atom is 0.241 e. The van der Waals surface area contributed by atoms with Crippen molar-refractivity contribution < 1.29 is 9.59 Å². The molecule has 0 bridgehead atoms. The molecule has 1 atom stereocenters. The highest BCUT2D eigenvalue weighted by Gasteiger charge is 2.27. The molecule has 0 aromatic rings. The standard InChI is InChI=1S/C15H26N2O2/c1-12(13-7-3-4-8-13)15(19)16-11-14(18)17-9-5-2-6-10-17/h12-13H,2-11H2,1H3,(H,16,19). The van der Waals surface area contributed by atoms with Gasteiger partial charge in [0, 0.05) is 19.0 Å². The summed E-state index contributed by atoms with van der Waals surface area (Å²) in [6.45, 7) is 3.88. The number of carbonyl (C=O) groups excluding carboxylic acids is 2. The van der Waals surface area contributed by atoms with E-state index in [0.29, 0.717) is 5.92 Å². The maximum absolute atomic E-state index is 12.0. The molecule has 19 heavy (non-hydrogen) atoms. The molecular weight excluding hydrogens is 240 g/mol. The minimum Gasteiger partial charge on any atom is -0.347 e. The Labute approximate surface area is 115 Å². The van der Waals surface area contributed by atoms with Gasteiger partial charge < -0.3 is 10.2 Å². The molecule has 0 radical (unpaired) electrons. The average molecular weight is 266 g/mol. The van der Waals surface area contributed by atoms with E-state index in [1.54, 1.807) is 0 Å². The molecule has 0 spiro atoms. The molecular formula is C15H26N2O2. The second kappa shape index (κ2) is 6.92. The average Bonchev–Trinajstić information content (AvgIpc) is 2.98. The summed E-state index contributed by atoms with van der Waals surface area (Å²) >= 11 is 0. The van der Waals surface area contributed by atoms with Crippen LogP contribution in [-0.4, -0.2) is 36.3 Å². The lowest BCUT2D eigenvalue weighted by atomic mass is 9.92. The minimum absolute atomic E-state index is 0.0525. The molecule has 4 nitrogen and oxygen atoms in total. The van der Waals surface area contributed by atoms with Crippen LogP contribution >= 0.6 is 0 Å². The van der Waals surface area contributed by atoms with Gasteiger partial charge in [0.2, 0.25) is 11.8 Å². The number of likely N-dealkylation sites (tertiary alicyclic amines) is 1. The Morgan fingerprint density at radius 3 is 2.37 bits per heavy atom. The lowest BCUT2D eigenvalue weighted by molar-refractivity contribution is -0.134. The van der Waals surface area contributed by atoms with Crippen molar-refractivity contribution >= 4 is 11.8 Å². The molecule has 1 saturated heterocycles. The Hall–Kier alpha value is -1.06. The van der Waals surface area contributed by atoms with E-state index in [9.17, 15) is 9.59 Å². The van der Waals surface area contributed by atoms with Crippen molar-refractivity contribution in [2.45, 2.75) is 51.9 Å². The number of amides is 2. The highest BCUT2D eigenvalue weighted by Crippen LogP contribution is 2.31. The van der Waals surface area contributed by atoms with Gasteiger partial charge in [-0.05, 0) is 38.0 Å². The molecule has 4 heteroatoms. The molecule has 1 aliphatic heterocycles. The quantitative estimate of drug-likeness (QED) is 0.845. The van der Waals surface area contributed by atoms with Crippen molar-refractivity contribution in [2.24, 2.45) is 11.8 Å². The van der Waals surface area contributed by atoms with Gasteiger partial charge in [-0.15, -0.1) is 0 Å². The van der Waals surface area contributed by atoms with Crippen molar-refractivity contribution in [3.8, 4) is 0 Å². The Kier molecular flexibility index (Phi) is 5.23. The largest absolute Gasteiger partial charge is 0.347 e. The molecule has 1 unspecified atom stereocenters. The summed E-state index contributed by atoms with van der Waals surface area (Å²) in [5.41, 5.74) is 0. The van der Waals surface area contributed by atoms with Crippen LogP contribution in [0.15, 0.2) is 0 Å². The van der Waals surface area contributed by atoms with E-state index in [2.05, 4.69) is 5.32 Å². The van der Waals surface area contributed by atoms with Crippen molar-refractivity contribution in [3.05, 3.63) is 0 Å². The van der Waals surface area contributed by atoms with Gasteiger partial charge >= 0.3 is 0 Å². The van der Waals surface area contributed by atoms with Gasteiger partial charge in [-0.2, -0.15) is 0 Å². The zero-order valence-electron chi connectivity index (χ0n) is 12.0. The molecule has 2 aliphatic rings. The molecule has 1 heterocycles. The Balaban J connectivity index is 1.71. The van der Waals surface area contributed by atoms with Crippen LogP contribution in [0, 0.1) is 11.8 Å². The first-order valence-corrected chi connectivity index (χ1v) is 7.74. The first-order valence-electron chi connectivity index (χ1n) is 7.74. The molecule has 0 aromatic carbocycles. The van der Waals surface area contributed by atoms with Crippen LogP contribution in [0.5, 0.6) is 0 Å². The molecule has 1 saturated carbocycles. The number of nitrogens with zero attached hydrogens (tertiary/aromatic N) is 1. The third kappa shape index (κ3) is 3.95. The third-order valence-electron chi connectivity index (χ3n) is 4.64. The number of nitrogens with one attached hydrogen (secondary N) is 1. The fraction of sp³-hybridized carbons (Fsp3) is 0.867. The van der Waals surface area contributed by atoms with Gasteiger partial charge in [0.05, 0.1) is 6.54 Å². The SMILES string of the molecule is CC(C(=O)NCC(=O)N1CCCCC1)C1CCCC1. The molecule has 1 aliphatic carbocycles. The zero-order chi connectivity index (χ0) is 13.7. The van der Waals surface area contributed by atoms with Crippen molar-refractivity contribution in [1.82, 2.24) is 10.2 Å². The van der Waals surface area contributed by atoms with Gasteiger partial charge in [-0.3, -0.25) is 9.59 Å². The third-order valence-corrected chi connectivity index (χ3v) is 4.64. The first kappa shape index (κ1) is 14.4. The fourth-order valence-corrected chi connectivity index (χ4v) is 3.25. The van der Waals surface area contributed by atoms with Crippen LogP contribution in [-0.2, 0) is 9.59 Å². The number of hydrogen-bond acceptors (Lipinski definition) is 2. The number of hydrogen-bond donors (Lipinski definition) is 1. The van der Waals surface area contributed by atoms with Gasteiger partial charge in [-0.1, -0.05) is 19.8 Å². The predicted molar refractivity (Wildman–Crippen MR) is 74.6 cm³/mol. The maximum atomic E-state index is 12.0. The van der Waals surface area contributed by atoms with E-state index < -0.39 is 0 Å². The summed E-state index contributed by atoms with van der Waals surface area (Å²) in [4.78, 5) is 25.9. The predicted octanol–water partition coefficient (Wildman–Crippen LogP) is 1.94. The van der Waals surface area contributed by atoms with Gasteiger partial charge in [0.1, 0.15) is 0 Å². The van der Waals surface area contributed by atoms with E-state index in [0.717, 1.165) is 38.8 Å². The Morgan fingerprint density at radius 2 is 1.74 bits per heavy atom. The van der Waals surface area contributed by atoms with Gasteiger partial charge in [0.25, 0.3) is 0 Å². The van der Waals surface area contributed by atoms with E-state index in [-0.39, 0.29) is 24.3 Å². The lowest BCUT2D eigenvalue weighted by Gasteiger charge is -2.27. The monoisotopic (exact) mass is 266 g/mol. The Bertz CT molecular complexity index is 318. The molecule has 1 N–H and O–H groups in total. The first-order chi connectivity index (χ1) is 9.18. The van der Waals surface area contributed by atoms with Crippen LogP contribution < -0.4 is 5.32 Å². The van der Waals surface area contributed by atoms with E-state index in [4.69, 9.17) is 0 Å². The summed E-state index contributed by atoms with van der Waals surface area (Å²) in [5.74, 6) is 0.700. The van der Waals surface area contributed by atoms with Gasteiger partial charge in [0.15, 0.2) is 0 Å². The van der Waals surface area contributed by atoms with Crippen molar-refractivity contribution in [1.29, 1.82) is 0 Å². The topological polar surface area (TPSA) is 49.4 Å². The normalized spacial score (nSPS) is 22.3.